The number of ketones is 1. The number of hydrogen-bond acceptors (Lipinski definition) is 1. The molecule has 0 saturated carbocycles. The predicted molar refractivity (Wildman–Crippen MR) is 64.9 cm³/mol. The molecule has 0 spiro atoms. The fraction of sp³-hybridized carbons (Fsp3) is 0.462. The Morgan fingerprint density at radius 3 is 2.22 bits per heavy atom. The number of Topliss-reactive ketones (excluding diaryl/α,β-unsaturated/α-hetero) is 1. The lowest BCUT2D eigenvalue weighted by Crippen LogP contribution is -2.14. The Balaban J connectivity index is 3.10. The number of halogens is 4. The average Bonchev–Trinajstić information content (AvgIpc) is 2.13. The third-order valence-corrected chi connectivity index (χ3v) is 2.61. The lowest BCUT2D eigenvalue weighted by molar-refractivity contribution is -0.137. The number of alkyl halides is 3. The second kappa shape index (κ2) is 4.92. The molecular formula is C13H14ClF3O. The van der Waals surface area contributed by atoms with E-state index in [1.165, 1.54) is 6.07 Å². The molecule has 5 heteroatoms. The van der Waals surface area contributed by atoms with Crippen LogP contribution in [0.2, 0.25) is 5.02 Å². The fourth-order valence-electron chi connectivity index (χ4n) is 1.50. The van der Waals surface area contributed by atoms with Crippen molar-refractivity contribution in [1.29, 1.82) is 0 Å². The van der Waals surface area contributed by atoms with Crippen molar-refractivity contribution in [2.75, 3.05) is 0 Å². The molecule has 0 aromatic heterocycles. The second-order valence-electron chi connectivity index (χ2n) is 5.35. The molecule has 1 nitrogen and oxygen atoms in total. The molecule has 0 aliphatic rings. The molecule has 1 aromatic rings. The summed E-state index contributed by atoms with van der Waals surface area (Å²) in [6, 6.07) is 3.25. The van der Waals surface area contributed by atoms with Crippen LogP contribution in [0, 0.1) is 5.41 Å². The standard InChI is InChI=1S/C13H14ClF3O/c1-12(2,3)7-11(18)8-4-5-10(14)9(6-8)13(15,16)17/h4-6H,7H2,1-3H3. The van der Waals surface area contributed by atoms with Crippen LogP contribution in [-0.2, 0) is 6.18 Å². The minimum Gasteiger partial charge on any atom is -0.294 e. The quantitative estimate of drug-likeness (QED) is 0.698. The maximum absolute atomic E-state index is 12.6. The Morgan fingerprint density at radius 2 is 1.78 bits per heavy atom. The maximum Gasteiger partial charge on any atom is 0.417 e. The van der Waals surface area contributed by atoms with E-state index in [-0.39, 0.29) is 23.2 Å². The normalized spacial score (nSPS) is 12.6. The molecule has 0 saturated heterocycles. The lowest BCUT2D eigenvalue weighted by Gasteiger charge is -2.17. The van der Waals surface area contributed by atoms with Crippen molar-refractivity contribution in [3.63, 3.8) is 0 Å². The highest BCUT2D eigenvalue weighted by Crippen LogP contribution is 2.35. The third-order valence-electron chi connectivity index (χ3n) is 2.28. The van der Waals surface area contributed by atoms with E-state index in [1.807, 2.05) is 20.8 Å². The molecule has 0 bridgehead atoms. The first kappa shape index (κ1) is 15.0. The molecule has 18 heavy (non-hydrogen) atoms. The van der Waals surface area contributed by atoms with Gasteiger partial charge in [-0.3, -0.25) is 4.79 Å². The van der Waals surface area contributed by atoms with Crippen LogP contribution >= 0.6 is 11.6 Å². The Labute approximate surface area is 109 Å². The smallest absolute Gasteiger partial charge is 0.294 e. The van der Waals surface area contributed by atoms with Gasteiger partial charge in [-0.25, -0.2) is 0 Å². The summed E-state index contributed by atoms with van der Waals surface area (Å²) in [5, 5.41) is -0.394. The molecule has 0 atom stereocenters. The van der Waals surface area contributed by atoms with Crippen LogP contribution in [-0.4, -0.2) is 5.78 Å². The van der Waals surface area contributed by atoms with Crippen molar-refractivity contribution in [1.82, 2.24) is 0 Å². The predicted octanol–water partition coefficient (Wildman–Crippen LogP) is 4.98. The third kappa shape index (κ3) is 4.02. The Kier molecular flexibility index (Phi) is 4.11. The molecule has 0 N–H and O–H groups in total. The summed E-state index contributed by atoms with van der Waals surface area (Å²) in [6.45, 7) is 5.56. The zero-order chi connectivity index (χ0) is 14.1. The molecule has 0 fully saturated rings. The zero-order valence-electron chi connectivity index (χ0n) is 10.4. The zero-order valence-corrected chi connectivity index (χ0v) is 11.1. The lowest BCUT2D eigenvalue weighted by atomic mass is 9.87. The van der Waals surface area contributed by atoms with Gasteiger partial charge in [-0.1, -0.05) is 32.4 Å². The van der Waals surface area contributed by atoms with Crippen molar-refractivity contribution in [2.45, 2.75) is 33.4 Å². The monoisotopic (exact) mass is 278 g/mol. The molecule has 100 valence electrons. The van der Waals surface area contributed by atoms with Crippen LogP contribution in [0.4, 0.5) is 13.2 Å². The molecule has 0 aliphatic heterocycles. The van der Waals surface area contributed by atoms with Crippen LogP contribution in [0.5, 0.6) is 0 Å². The van der Waals surface area contributed by atoms with Crippen molar-refractivity contribution in [2.24, 2.45) is 5.41 Å². The van der Waals surface area contributed by atoms with Crippen LogP contribution in [0.1, 0.15) is 43.1 Å². The number of benzene rings is 1. The Bertz CT molecular complexity index is 458. The molecule has 1 rings (SSSR count). The average molecular weight is 279 g/mol. The minimum atomic E-state index is -4.55. The van der Waals surface area contributed by atoms with E-state index in [0.717, 1.165) is 12.1 Å². The molecule has 1 aromatic carbocycles. The molecule has 0 aliphatic carbocycles. The van der Waals surface area contributed by atoms with Gasteiger partial charge in [0.2, 0.25) is 0 Å². The van der Waals surface area contributed by atoms with E-state index in [9.17, 15) is 18.0 Å². The first-order valence-electron chi connectivity index (χ1n) is 5.41. The van der Waals surface area contributed by atoms with Crippen LogP contribution in [0.3, 0.4) is 0 Å². The van der Waals surface area contributed by atoms with E-state index in [0.29, 0.717) is 0 Å². The van der Waals surface area contributed by atoms with Gasteiger partial charge >= 0.3 is 6.18 Å². The summed E-state index contributed by atoms with van der Waals surface area (Å²) >= 11 is 5.49. The highest BCUT2D eigenvalue weighted by atomic mass is 35.5. The molecule has 0 radical (unpaired) electrons. The summed E-state index contributed by atoms with van der Waals surface area (Å²) in [4.78, 5) is 11.8. The van der Waals surface area contributed by atoms with Gasteiger partial charge in [-0.05, 0) is 23.6 Å². The summed E-state index contributed by atoms with van der Waals surface area (Å²) in [6.07, 6.45) is -4.36. The highest BCUT2D eigenvalue weighted by Gasteiger charge is 2.34. The molecular weight excluding hydrogens is 265 g/mol. The van der Waals surface area contributed by atoms with Gasteiger partial charge in [0.1, 0.15) is 0 Å². The maximum atomic E-state index is 12.6. The summed E-state index contributed by atoms with van der Waals surface area (Å²) in [7, 11) is 0. The van der Waals surface area contributed by atoms with Crippen molar-refractivity contribution in [3.8, 4) is 0 Å². The summed E-state index contributed by atoms with van der Waals surface area (Å²) in [5.74, 6) is -0.315. The van der Waals surface area contributed by atoms with Crippen molar-refractivity contribution < 1.29 is 18.0 Å². The van der Waals surface area contributed by atoms with Crippen molar-refractivity contribution in [3.05, 3.63) is 34.3 Å². The van der Waals surface area contributed by atoms with Crippen LogP contribution in [0.25, 0.3) is 0 Å². The van der Waals surface area contributed by atoms with Gasteiger partial charge in [0.25, 0.3) is 0 Å². The molecule has 0 unspecified atom stereocenters. The van der Waals surface area contributed by atoms with Gasteiger partial charge < -0.3 is 0 Å². The van der Waals surface area contributed by atoms with Gasteiger partial charge in [0, 0.05) is 12.0 Å². The first-order chi connectivity index (χ1) is 8.00. The van der Waals surface area contributed by atoms with Crippen LogP contribution in [0.15, 0.2) is 18.2 Å². The Morgan fingerprint density at radius 1 is 1.22 bits per heavy atom. The van der Waals surface area contributed by atoms with E-state index in [4.69, 9.17) is 11.6 Å². The van der Waals surface area contributed by atoms with Crippen LogP contribution < -0.4 is 0 Å². The van der Waals surface area contributed by atoms with E-state index in [1.54, 1.807) is 0 Å². The van der Waals surface area contributed by atoms with E-state index >= 15 is 0 Å². The molecule has 0 amide bonds. The fourth-order valence-corrected chi connectivity index (χ4v) is 1.72. The van der Waals surface area contributed by atoms with Crippen molar-refractivity contribution >= 4 is 17.4 Å². The van der Waals surface area contributed by atoms with E-state index in [2.05, 4.69) is 0 Å². The van der Waals surface area contributed by atoms with Gasteiger partial charge in [-0.15, -0.1) is 0 Å². The highest BCUT2D eigenvalue weighted by molar-refractivity contribution is 6.31. The minimum absolute atomic E-state index is 0.0432. The van der Waals surface area contributed by atoms with Gasteiger partial charge in [0.05, 0.1) is 10.6 Å². The summed E-state index contributed by atoms with van der Waals surface area (Å²) < 4.78 is 37.9. The number of rotatable bonds is 2. The number of hydrogen-bond donors (Lipinski definition) is 0. The van der Waals surface area contributed by atoms with Gasteiger partial charge in [0.15, 0.2) is 5.78 Å². The van der Waals surface area contributed by atoms with E-state index < -0.39 is 16.8 Å². The first-order valence-corrected chi connectivity index (χ1v) is 5.78. The summed E-state index contributed by atoms with van der Waals surface area (Å²) in [5.41, 5.74) is -1.19. The van der Waals surface area contributed by atoms with Gasteiger partial charge in [-0.2, -0.15) is 13.2 Å². The number of carbonyl (C=O) groups excluding carboxylic acids is 1. The molecule has 0 heterocycles. The Hall–Kier alpha value is -1.03. The largest absolute Gasteiger partial charge is 0.417 e. The number of carbonyl (C=O) groups is 1. The SMILES string of the molecule is CC(C)(C)CC(=O)c1ccc(Cl)c(C(F)(F)F)c1. The second-order valence-corrected chi connectivity index (χ2v) is 5.76. The topological polar surface area (TPSA) is 17.1 Å².